The van der Waals surface area contributed by atoms with Crippen LogP contribution >= 0.6 is 11.6 Å². The monoisotopic (exact) mass is 305 g/mol. The molecule has 5 heteroatoms. The van der Waals surface area contributed by atoms with Gasteiger partial charge in [-0.15, -0.1) is 0 Å². The van der Waals surface area contributed by atoms with Gasteiger partial charge in [-0.25, -0.2) is 0 Å². The van der Waals surface area contributed by atoms with Crippen LogP contribution in [0, 0.1) is 0 Å². The first kappa shape index (κ1) is 15.4. The Morgan fingerprint density at radius 3 is 2.33 bits per heavy atom. The summed E-state index contributed by atoms with van der Waals surface area (Å²) in [4.78, 5) is 10.5. The highest BCUT2D eigenvalue weighted by Crippen LogP contribution is 2.18. The molecule has 1 atom stereocenters. The number of rotatable bonds is 6. The van der Waals surface area contributed by atoms with Gasteiger partial charge in [0.2, 0.25) is 0 Å². The fourth-order valence-electron chi connectivity index (χ4n) is 1.90. The van der Waals surface area contributed by atoms with Crippen LogP contribution in [0.2, 0.25) is 5.02 Å². The van der Waals surface area contributed by atoms with E-state index in [4.69, 9.17) is 16.3 Å². The number of carboxylic acid groups (broad SMARTS) is 1. The predicted octanol–water partition coefficient (Wildman–Crippen LogP) is 1.34. The molecule has 110 valence electrons. The van der Waals surface area contributed by atoms with Crippen LogP contribution in [0.1, 0.15) is 23.6 Å². The fourth-order valence-corrected chi connectivity index (χ4v) is 2.03. The van der Waals surface area contributed by atoms with E-state index in [0.717, 1.165) is 11.1 Å². The SMILES string of the molecule is [NH3+][C@@H](CC(=O)[O-])c1ccc(OCc2ccc(Cl)cc2)cc1. The Hall–Kier alpha value is -2.04. The third-order valence-electron chi connectivity index (χ3n) is 3.08. The van der Waals surface area contributed by atoms with Gasteiger partial charge >= 0.3 is 0 Å². The van der Waals surface area contributed by atoms with E-state index in [1.807, 2.05) is 36.4 Å². The second-order valence-electron chi connectivity index (χ2n) is 4.76. The quantitative estimate of drug-likeness (QED) is 0.875. The summed E-state index contributed by atoms with van der Waals surface area (Å²) in [5.74, 6) is -0.382. The molecule has 2 rings (SSSR count). The molecule has 0 unspecified atom stereocenters. The average Bonchev–Trinajstić information content (AvgIpc) is 2.46. The maximum atomic E-state index is 10.5. The van der Waals surface area contributed by atoms with E-state index >= 15 is 0 Å². The van der Waals surface area contributed by atoms with Crippen LogP contribution in [0.5, 0.6) is 5.75 Å². The lowest BCUT2D eigenvalue weighted by Crippen LogP contribution is -2.55. The Bertz CT molecular complexity index is 596. The van der Waals surface area contributed by atoms with Gasteiger partial charge < -0.3 is 20.4 Å². The number of aliphatic carboxylic acids is 1. The molecule has 0 aliphatic carbocycles. The molecule has 2 aromatic rings. The van der Waals surface area contributed by atoms with Gasteiger partial charge in [-0.2, -0.15) is 0 Å². The Kier molecular flexibility index (Phi) is 5.20. The molecule has 0 aromatic heterocycles. The topological polar surface area (TPSA) is 77.0 Å². The standard InChI is InChI=1S/C16H16ClNO3/c17-13-5-1-11(2-6-13)10-21-14-7-3-12(4-8-14)15(18)9-16(19)20/h1-8,15H,9-10,18H2,(H,19,20)/t15-/m0/s1. The lowest BCUT2D eigenvalue weighted by Gasteiger charge is -2.11. The Morgan fingerprint density at radius 2 is 1.76 bits per heavy atom. The summed E-state index contributed by atoms with van der Waals surface area (Å²) in [6, 6.07) is 14.4. The normalized spacial score (nSPS) is 11.9. The molecule has 0 fully saturated rings. The molecule has 0 heterocycles. The van der Waals surface area contributed by atoms with Crippen molar-refractivity contribution in [1.29, 1.82) is 0 Å². The summed E-state index contributed by atoms with van der Waals surface area (Å²) in [6.07, 6.45) is -0.0923. The first-order valence-corrected chi connectivity index (χ1v) is 6.92. The van der Waals surface area contributed by atoms with E-state index in [9.17, 15) is 9.90 Å². The zero-order valence-electron chi connectivity index (χ0n) is 11.4. The van der Waals surface area contributed by atoms with Crippen molar-refractivity contribution in [2.45, 2.75) is 19.1 Å². The number of carbonyl (C=O) groups is 1. The van der Waals surface area contributed by atoms with Crippen molar-refractivity contribution in [3.8, 4) is 5.75 Å². The summed E-state index contributed by atoms with van der Waals surface area (Å²) >= 11 is 5.82. The van der Waals surface area contributed by atoms with E-state index in [-0.39, 0.29) is 12.5 Å². The highest BCUT2D eigenvalue weighted by molar-refractivity contribution is 6.30. The lowest BCUT2D eigenvalue weighted by atomic mass is 10.0. The number of benzene rings is 2. The van der Waals surface area contributed by atoms with Gasteiger partial charge in [0, 0.05) is 23.0 Å². The van der Waals surface area contributed by atoms with Gasteiger partial charge in [-0.1, -0.05) is 23.7 Å². The van der Waals surface area contributed by atoms with E-state index in [1.54, 1.807) is 12.1 Å². The molecule has 0 saturated carbocycles. The second kappa shape index (κ2) is 7.11. The van der Waals surface area contributed by atoms with Gasteiger partial charge in [-0.3, -0.25) is 0 Å². The number of carbonyl (C=O) groups excluding carboxylic acids is 1. The number of hydrogen-bond donors (Lipinski definition) is 1. The van der Waals surface area contributed by atoms with Crippen molar-refractivity contribution >= 4 is 17.6 Å². The number of halogens is 1. The minimum Gasteiger partial charge on any atom is -0.550 e. The third kappa shape index (κ3) is 4.77. The predicted molar refractivity (Wildman–Crippen MR) is 77.5 cm³/mol. The number of carboxylic acids is 1. The maximum Gasteiger partial charge on any atom is 0.119 e. The largest absolute Gasteiger partial charge is 0.550 e. The molecule has 0 radical (unpaired) electrons. The van der Waals surface area contributed by atoms with Crippen molar-refractivity contribution in [3.63, 3.8) is 0 Å². The van der Waals surface area contributed by atoms with Crippen molar-refractivity contribution < 1.29 is 20.4 Å². The highest BCUT2D eigenvalue weighted by Gasteiger charge is 2.09. The summed E-state index contributed by atoms with van der Waals surface area (Å²) in [7, 11) is 0. The Labute approximate surface area is 128 Å². The molecule has 0 amide bonds. The van der Waals surface area contributed by atoms with Crippen LogP contribution in [-0.4, -0.2) is 5.97 Å². The third-order valence-corrected chi connectivity index (χ3v) is 3.34. The van der Waals surface area contributed by atoms with Crippen LogP contribution in [0.15, 0.2) is 48.5 Å². The van der Waals surface area contributed by atoms with E-state index in [2.05, 4.69) is 5.73 Å². The molecule has 21 heavy (non-hydrogen) atoms. The van der Waals surface area contributed by atoms with Gasteiger partial charge in [-0.05, 0) is 42.0 Å². The Balaban J connectivity index is 1.93. The van der Waals surface area contributed by atoms with E-state index in [0.29, 0.717) is 17.4 Å². The minimum absolute atomic E-state index is 0.0923. The van der Waals surface area contributed by atoms with Crippen LogP contribution < -0.4 is 15.6 Å². The molecule has 0 aliphatic rings. The molecule has 2 aromatic carbocycles. The van der Waals surface area contributed by atoms with E-state index < -0.39 is 5.97 Å². The first-order valence-electron chi connectivity index (χ1n) is 6.55. The zero-order chi connectivity index (χ0) is 15.2. The molecule has 0 bridgehead atoms. The average molecular weight is 306 g/mol. The molecule has 4 nitrogen and oxygen atoms in total. The highest BCUT2D eigenvalue weighted by atomic mass is 35.5. The Morgan fingerprint density at radius 1 is 1.14 bits per heavy atom. The number of quaternary nitrogens is 1. The van der Waals surface area contributed by atoms with Gasteiger partial charge in [0.25, 0.3) is 0 Å². The smallest absolute Gasteiger partial charge is 0.119 e. The molecule has 0 aliphatic heterocycles. The fraction of sp³-hybridized carbons (Fsp3) is 0.188. The molecular formula is C16H16ClNO3. The molecule has 3 N–H and O–H groups in total. The summed E-state index contributed by atoms with van der Waals surface area (Å²) in [6.45, 7) is 0.448. The van der Waals surface area contributed by atoms with Gasteiger partial charge in [0.1, 0.15) is 18.4 Å². The maximum absolute atomic E-state index is 10.5. The zero-order valence-corrected chi connectivity index (χ0v) is 12.2. The van der Waals surface area contributed by atoms with Crippen LogP contribution in [0.25, 0.3) is 0 Å². The van der Waals surface area contributed by atoms with Crippen molar-refractivity contribution in [1.82, 2.24) is 0 Å². The summed E-state index contributed by atoms with van der Waals surface area (Å²) in [5, 5.41) is 11.2. The van der Waals surface area contributed by atoms with Crippen molar-refractivity contribution in [3.05, 3.63) is 64.7 Å². The van der Waals surface area contributed by atoms with Crippen molar-refractivity contribution in [2.24, 2.45) is 0 Å². The second-order valence-corrected chi connectivity index (χ2v) is 5.19. The van der Waals surface area contributed by atoms with Crippen LogP contribution in [0.4, 0.5) is 0 Å². The summed E-state index contributed by atoms with van der Waals surface area (Å²) < 4.78 is 5.66. The van der Waals surface area contributed by atoms with Crippen LogP contribution in [0.3, 0.4) is 0 Å². The van der Waals surface area contributed by atoms with Crippen molar-refractivity contribution in [2.75, 3.05) is 0 Å². The lowest BCUT2D eigenvalue weighted by molar-refractivity contribution is -0.430. The van der Waals surface area contributed by atoms with Gasteiger partial charge in [0.05, 0.1) is 0 Å². The molecule has 0 spiro atoms. The number of hydrogen-bond acceptors (Lipinski definition) is 3. The molecular weight excluding hydrogens is 290 g/mol. The van der Waals surface area contributed by atoms with Crippen LogP contribution in [-0.2, 0) is 11.4 Å². The van der Waals surface area contributed by atoms with E-state index in [1.165, 1.54) is 0 Å². The van der Waals surface area contributed by atoms with Gasteiger partial charge in [0.15, 0.2) is 0 Å². The first-order chi connectivity index (χ1) is 10.0. The minimum atomic E-state index is -1.10. The number of ether oxygens (including phenoxy) is 1. The summed E-state index contributed by atoms with van der Waals surface area (Å²) in [5.41, 5.74) is 5.67. The molecule has 0 saturated heterocycles.